The van der Waals surface area contributed by atoms with Gasteiger partial charge >= 0.3 is 0 Å². The van der Waals surface area contributed by atoms with Crippen molar-refractivity contribution in [2.75, 3.05) is 6.61 Å². The molecular formula is C20H17NO2. The van der Waals surface area contributed by atoms with Crippen LogP contribution in [0.4, 0.5) is 0 Å². The molecule has 114 valence electrons. The van der Waals surface area contributed by atoms with Crippen LogP contribution in [0.1, 0.15) is 15.9 Å². The van der Waals surface area contributed by atoms with E-state index >= 15 is 0 Å². The van der Waals surface area contributed by atoms with Crippen LogP contribution in [-0.4, -0.2) is 17.4 Å². The number of pyridine rings is 1. The van der Waals surface area contributed by atoms with Crippen molar-refractivity contribution >= 4 is 5.78 Å². The Kier molecular flexibility index (Phi) is 4.92. The highest BCUT2D eigenvalue weighted by Gasteiger charge is 2.05. The van der Waals surface area contributed by atoms with Crippen LogP contribution in [0.5, 0.6) is 0 Å². The van der Waals surface area contributed by atoms with Crippen molar-refractivity contribution in [2.24, 2.45) is 0 Å². The Balaban J connectivity index is 1.60. The first kappa shape index (κ1) is 15.1. The minimum atomic E-state index is -0.00554. The van der Waals surface area contributed by atoms with E-state index in [1.807, 2.05) is 54.7 Å². The molecule has 3 aromatic rings. The molecular weight excluding hydrogens is 286 g/mol. The first-order valence-corrected chi connectivity index (χ1v) is 7.48. The minimum absolute atomic E-state index is 0.00554. The Bertz CT molecular complexity index is 770. The maximum atomic E-state index is 12.0. The lowest BCUT2D eigenvalue weighted by molar-refractivity contribution is 0.0726. The van der Waals surface area contributed by atoms with Crippen molar-refractivity contribution in [3.8, 4) is 11.1 Å². The van der Waals surface area contributed by atoms with E-state index in [2.05, 4.69) is 11.1 Å². The predicted molar refractivity (Wildman–Crippen MR) is 90.1 cm³/mol. The lowest BCUT2D eigenvalue weighted by Crippen LogP contribution is -2.08. The fourth-order valence-corrected chi connectivity index (χ4v) is 2.34. The van der Waals surface area contributed by atoms with Crippen LogP contribution < -0.4 is 0 Å². The van der Waals surface area contributed by atoms with Crippen molar-refractivity contribution in [2.45, 2.75) is 6.61 Å². The molecule has 0 saturated heterocycles. The average Bonchev–Trinajstić information content (AvgIpc) is 2.63. The van der Waals surface area contributed by atoms with Gasteiger partial charge in [0.15, 0.2) is 5.78 Å². The number of nitrogens with zero attached hydrogens (tertiary/aromatic N) is 1. The second-order valence-corrected chi connectivity index (χ2v) is 5.22. The molecule has 0 amide bonds. The molecule has 0 saturated carbocycles. The Morgan fingerprint density at radius 2 is 1.74 bits per heavy atom. The van der Waals surface area contributed by atoms with Gasteiger partial charge in [-0.05, 0) is 28.8 Å². The van der Waals surface area contributed by atoms with Gasteiger partial charge in [0.2, 0.25) is 0 Å². The molecule has 0 aliphatic carbocycles. The first-order valence-electron chi connectivity index (χ1n) is 7.48. The van der Waals surface area contributed by atoms with Crippen molar-refractivity contribution in [1.29, 1.82) is 0 Å². The van der Waals surface area contributed by atoms with E-state index in [1.54, 1.807) is 18.3 Å². The number of benzene rings is 2. The van der Waals surface area contributed by atoms with Gasteiger partial charge in [0.05, 0.1) is 6.61 Å². The summed E-state index contributed by atoms with van der Waals surface area (Å²) >= 11 is 0. The molecule has 1 aromatic heterocycles. The number of Topliss-reactive ketones (excluding diaryl/α,β-unsaturated/α-hetero) is 1. The third-order valence-corrected chi connectivity index (χ3v) is 3.52. The third-order valence-electron chi connectivity index (χ3n) is 3.52. The number of carbonyl (C=O) groups is 1. The van der Waals surface area contributed by atoms with E-state index in [-0.39, 0.29) is 12.4 Å². The molecule has 0 aliphatic rings. The number of rotatable bonds is 6. The molecule has 3 rings (SSSR count). The Morgan fingerprint density at radius 1 is 0.913 bits per heavy atom. The molecule has 0 fully saturated rings. The number of carbonyl (C=O) groups excluding carboxylic acids is 1. The van der Waals surface area contributed by atoms with Gasteiger partial charge in [-0.15, -0.1) is 0 Å². The maximum Gasteiger partial charge on any atom is 0.188 e. The summed E-state index contributed by atoms with van der Waals surface area (Å²) in [7, 11) is 0. The van der Waals surface area contributed by atoms with Crippen LogP contribution in [0, 0.1) is 0 Å². The number of ether oxygens (including phenoxy) is 1. The fourth-order valence-electron chi connectivity index (χ4n) is 2.34. The molecule has 3 nitrogen and oxygen atoms in total. The number of hydrogen-bond acceptors (Lipinski definition) is 3. The quantitative estimate of drug-likeness (QED) is 0.642. The van der Waals surface area contributed by atoms with Gasteiger partial charge in [-0.1, -0.05) is 54.6 Å². The zero-order valence-corrected chi connectivity index (χ0v) is 12.7. The summed E-state index contributed by atoms with van der Waals surface area (Å²) in [6, 6.07) is 21.2. The number of aromatic nitrogens is 1. The van der Waals surface area contributed by atoms with Crippen molar-refractivity contribution in [1.82, 2.24) is 4.98 Å². The van der Waals surface area contributed by atoms with Gasteiger partial charge in [-0.3, -0.25) is 9.78 Å². The standard InChI is InChI=1S/C20H17NO2/c22-20(17-7-2-1-3-8-17)15-23-14-16-6-4-9-18(12-16)19-10-5-11-21-13-19/h1-13H,14-15H2. The normalized spacial score (nSPS) is 10.4. The molecule has 0 spiro atoms. The van der Waals surface area contributed by atoms with E-state index in [9.17, 15) is 4.79 Å². The first-order chi connectivity index (χ1) is 11.3. The second-order valence-electron chi connectivity index (χ2n) is 5.22. The molecule has 2 aromatic carbocycles. The maximum absolute atomic E-state index is 12.0. The molecule has 0 bridgehead atoms. The fraction of sp³-hybridized carbons (Fsp3) is 0.100. The van der Waals surface area contributed by atoms with E-state index < -0.39 is 0 Å². The van der Waals surface area contributed by atoms with Crippen LogP contribution in [0.15, 0.2) is 79.1 Å². The molecule has 0 unspecified atom stereocenters. The zero-order valence-electron chi connectivity index (χ0n) is 12.7. The van der Waals surface area contributed by atoms with E-state index in [0.29, 0.717) is 12.2 Å². The Morgan fingerprint density at radius 3 is 2.52 bits per heavy atom. The smallest absolute Gasteiger partial charge is 0.188 e. The molecule has 0 atom stereocenters. The van der Waals surface area contributed by atoms with Crippen LogP contribution in [0.2, 0.25) is 0 Å². The second kappa shape index (κ2) is 7.47. The van der Waals surface area contributed by atoms with E-state index in [1.165, 1.54) is 0 Å². The van der Waals surface area contributed by atoms with Gasteiger partial charge in [0.25, 0.3) is 0 Å². The molecule has 3 heteroatoms. The lowest BCUT2D eigenvalue weighted by atomic mass is 10.1. The monoisotopic (exact) mass is 303 g/mol. The van der Waals surface area contributed by atoms with Gasteiger partial charge in [0, 0.05) is 18.0 Å². The summed E-state index contributed by atoms with van der Waals surface area (Å²) in [5.41, 5.74) is 3.87. The Labute approximate surface area is 135 Å². The highest BCUT2D eigenvalue weighted by molar-refractivity contribution is 5.96. The van der Waals surface area contributed by atoms with Gasteiger partial charge < -0.3 is 4.74 Å². The zero-order chi connectivity index (χ0) is 15.9. The summed E-state index contributed by atoms with van der Waals surface area (Å²) in [4.78, 5) is 16.1. The molecule has 0 radical (unpaired) electrons. The third kappa shape index (κ3) is 4.11. The topological polar surface area (TPSA) is 39.2 Å². The largest absolute Gasteiger partial charge is 0.369 e. The van der Waals surface area contributed by atoms with Crippen LogP contribution in [0.3, 0.4) is 0 Å². The summed E-state index contributed by atoms with van der Waals surface area (Å²) in [6.45, 7) is 0.494. The van der Waals surface area contributed by atoms with Crippen LogP contribution >= 0.6 is 0 Å². The van der Waals surface area contributed by atoms with Crippen LogP contribution in [0.25, 0.3) is 11.1 Å². The van der Waals surface area contributed by atoms with E-state index in [0.717, 1.165) is 16.7 Å². The minimum Gasteiger partial charge on any atom is -0.369 e. The highest BCUT2D eigenvalue weighted by Crippen LogP contribution is 2.19. The molecule has 0 N–H and O–H groups in total. The van der Waals surface area contributed by atoms with E-state index in [4.69, 9.17) is 4.74 Å². The average molecular weight is 303 g/mol. The SMILES string of the molecule is O=C(COCc1cccc(-c2cccnc2)c1)c1ccccc1. The summed E-state index contributed by atoms with van der Waals surface area (Å²) in [5, 5.41) is 0. The van der Waals surface area contributed by atoms with Crippen molar-refractivity contribution in [3.05, 3.63) is 90.3 Å². The van der Waals surface area contributed by atoms with Gasteiger partial charge in [-0.25, -0.2) is 0 Å². The van der Waals surface area contributed by atoms with Crippen molar-refractivity contribution < 1.29 is 9.53 Å². The van der Waals surface area contributed by atoms with Crippen LogP contribution in [-0.2, 0) is 11.3 Å². The summed E-state index contributed by atoms with van der Waals surface area (Å²) < 4.78 is 5.56. The number of hydrogen-bond donors (Lipinski definition) is 0. The number of ketones is 1. The molecule has 1 heterocycles. The molecule has 23 heavy (non-hydrogen) atoms. The molecule has 0 aliphatic heterocycles. The summed E-state index contributed by atoms with van der Waals surface area (Å²) in [5.74, 6) is -0.00554. The lowest BCUT2D eigenvalue weighted by Gasteiger charge is -2.07. The van der Waals surface area contributed by atoms with Gasteiger partial charge in [-0.2, -0.15) is 0 Å². The van der Waals surface area contributed by atoms with Crippen molar-refractivity contribution in [3.63, 3.8) is 0 Å². The summed E-state index contributed by atoms with van der Waals surface area (Å²) in [6.07, 6.45) is 3.59. The highest BCUT2D eigenvalue weighted by atomic mass is 16.5. The Hall–Kier alpha value is -2.78. The van der Waals surface area contributed by atoms with Gasteiger partial charge in [0.1, 0.15) is 6.61 Å². The predicted octanol–water partition coefficient (Wildman–Crippen LogP) is 4.15.